The number of aliphatic hydroxyl groups excluding tert-OH is 1. The molecular weight excluding hydrogens is 266 g/mol. The monoisotopic (exact) mass is 283 g/mol. The molecule has 0 aromatic carbocycles. The van der Waals surface area contributed by atoms with Gasteiger partial charge in [-0.1, -0.05) is 12.8 Å². The van der Waals surface area contributed by atoms with Crippen LogP contribution in [0.2, 0.25) is 0 Å². The normalized spacial score (nSPS) is 20.1. The van der Waals surface area contributed by atoms with Gasteiger partial charge in [0.2, 0.25) is 0 Å². The zero-order valence-electron chi connectivity index (χ0n) is 10.5. The third-order valence-electron chi connectivity index (χ3n) is 3.38. The molecule has 6 heteroatoms. The van der Waals surface area contributed by atoms with E-state index in [0.717, 1.165) is 37.0 Å². The van der Waals surface area contributed by atoms with Crippen LogP contribution in [0.15, 0.2) is 12.1 Å². The molecule has 1 saturated heterocycles. The number of likely N-dealkylation sites (tertiary alicyclic amines) is 1. The average molecular weight is 283 g/mol. The Kier molecular flexibility index (Phi) is 4.55. The number of hydrogen-bond acceptors (Lipinski definition) is 4. The van der Waals surface area contributed by atoms with Gasteiger partial charge < -0.3 is 15.1 Å². The molecule has 2 heterocycles. The quantitative estimate of drug-likeness (QED) is 0.887. The maximum Gasteiger partial charge on any atom is 0.345 e. The van der Waals surface area contributed by atoms with Gasteiger partial charge in [-0.15, -0.1) is 11.3 Å². The molecule has 2 rings (SSSR count). The molecule has 19 heavy (non-hydrogen) atoms. The second-order valence-electron chi connectivity index (χ2n) is 4.65. The number of carboxylic acid groups (broad SMARTS) is 1. The van der Waals surface area contributed by atoms with Crippen LogP contribution in [0.5, 0.6) is 0 Å². The first kappa shape index (κ1) is 14.0. The smallest absolute Gasteiger partial charge is 0.345 e. The molecule has 2 N–H and O–H groups in total. The molecule has 1 aromatic heterocycles. The fourth-order valence-electron chi connectivity index (χ4n) is 2.34. The minimum atomic E-state index is -1.02. The zero-order valence-corrected chi connectivity index (χ0v) is 11.4. The molecular formula is C13H17NO4S. The fourth-order valence-corrected chi connectivity index (χ4v) is 3.14. The Hall–Kier alpha value is -1.40. The second kappa shape index (κ2) is 6.16. The molecule has 1 aromatic rings. The summed E-state index contributed by atoms with van der Waals surface area (Å²) in [6, 6.07) is 2.85. The molecule has 1 amide bonds. The molecule has 0 spiro atoms. The number of aromatic carboxylic acids is 1. The number of rotatable bonds is 3. The van der Waals surface area contributed by atoms with Crippen LogP contribution in [0.3, 0.4) is 0 Å². The summed E-state index contributed by atoms with van der Waals surface area (Å²) in [5.41, 5.74) is 0. The minimum Gasteiger partial charge on any atom is -0.477 e. The third-order valence-corrected chi connectivity index (χ3v) is 4.44. The number of carbonyl (C=O) groups excluding carboxylic acids is 1. The summed E-state index contributed by atoms with van der Waals surface area (Å²) in [7, 11) is 0. The van der Waals surface area contributed by atoms with Gasteiger partial charge in [0.1, 0.15) is 4.88 Å². The van der Waals surface area contributed by atoms with E-state index in [1.54, 1.807) is 11.0 Å². The Morgan fingerprint density at radius 1 is 1.26 bits per heavy atom. The summed E-state index contributed by atoms with van der Waals surface area (Å²) < 4.78 is 0. The highest BCUT2D eigenvalue weighted by Gasteiger charge is 2.27. The van der Waals surface area contributed by atoms with E-state index in [1.165, 1.54) is 6.07 Å². The number of amides is 1. The fraction of sp³-hybridized carbons (Fsp3) is 0.538. The van der Waals surface area contributed by atoms with Crippen LogP contribution < -0.4 is 0 Å². The molecule has 1 aliphatic rings. The van der Waals surface area contributed by atoms with Crippen LogP contribution in [-0.2, 0) is 0 Å². The summed E-state index contributed by atoms with van der Waals surface area (Å²) in [4.78, 5) is 25.5. The number of carbonyl (C=O) groups is 2. The predicted molar refractivity (Wildman–Crippen MR) is 71.7 cm³/mol. The van der Waals surface area contributed by atoms with E-state index in [2.05, 4.69) is 0 Å². The molecule has 0 bridgehead atoms. The molecule has 1 fully saturated rings. The Morgan fingerprint density at radius 3 is 2.63 bits per heavy atom. The summed E-state index contributed by atoms with van der Waals surface area (Å²) in [5, 5.41) is 18.3. The van der Waals surface area contributed by atoms with Gasteiger partial charge in [0.15, 0.2) is 0 Å². The van der Waals surface area contributed by atoms with Crippen molar-refractivity contribution in [2.75, 3.05) is 13.2 Å². The Morgan fingerprint density at radius 2 is 2.00 bits per heavy atom. The summed E-state index contributed by atoms with van der Waals surface area (Å²) in [6.07, 6.45) is 3.81. The first-order valence-electron chi connectivity index (χ1n) is 6.38. The van der Waals surface area contributed by atoms with E-state index in [1.807, 2.05) is 0 Å². The SMILES string of the molecule is O=C(O)c1ccc(C(=O)N2CCCCCC2CO)s1. The van der Waals surface area contributed by atoms with Crippen molar-refractivity contribution in [2.24, 2.45) is 0 Å². The average Bonchev–Trinajstić information content (AvgIpc) is 2.77. The molecule has 104 valence electrons. The maximum atomic E-state index is 12.4. The number of hydrogen-bond donors (Lipinski definition) is 2. The van der Waals surface area contributed by atoms with Gasteiger partial charge in [-0.05, 0) is 25.0 Å². The third kappa shape index (κ3) is 3.13. The summed E-state index contributed by atoms with van der Waals surface area (Å²) in [6.45, 7) is 0.591. The van der Waals surface area contributed by atoms with Gasteiger partial charge in [0.25, 0.3) is 5.91 Å². The molecule has 0 saturated carbocycles. The lowest BCUT2D eigenvalue weighted by atomic mass is 10.1. The van der Waals surface area contributed by atoms with Crippen LogP contribution in [0.25, 0.3) is 0 Å². The van der Waals surface area contributed by atoms with E-state index in [-0.39, 0.29) is 23.4 Å². The lowest BCUT2D eigenvalue weighted by Crippen LogP contribution is -2.41. The van der Waals surface area contributed by atoms with E-state index in [9.17, 15) is 14.7 Å². The number of nitrogens with zero attached hydrogens (tertiary/aromatic N) is 1. The van der Waals surface area contributed by atoms with E-state index < -0.39 is 5.97 Å². The lowest BCUT2D eigenvalue weighted by molar-refractivity contribution is 0.0604. The van der Waals surface area contributed by atoms with Crippen molar-refractivity contribution in [3.8, 4) is 0 Å². The van der Waals surface area contributed by atoms with Crippen molar-refractivity contribution in [1.29, 1.82) is 0 Å². The largest absolute Gasteiger partial charge is 0.477 e. The number of aliphatic hydroxyl groups is 1. The topological polar surface area (TPSA) is 77.8 Å². The van der Waals surface area contributed by atoms with E-state index in [4.69, 9.17) is 5.11 Å². The molecule has 0 aliphatic carbocycles. The number of thiophene rings is 1. The molecule has 5 nitrogen and oxygen atoms in total. The van der Waals surface area contributed by atoms with Crippen molar-refractivity contribution in [3.63, 3.8) is 0 Å². The standard InChI is InChI=1S/C13H17NO4S/c15-8-9-4-2-1-3-7-14(9)12(16)10-5-6-11(19-10)13(17)18/h5-6,9,15H,1-4,7-8H2,(H,17,18). The first-order valence-corrected chi connectivity index (χ1v) is 7.20. The van der Waals surface area contributed by atoms with E-state index >= 15 is 0 Å². The molecule has 1 unspecified atom stereocenters. The Bertz CT molecular complexity index is 471. The van der Waals surface area contributed by atoms with E-state index in [0.29, 0.717) is 11.4 Å². The maximum absolute atomic E-state index is 12.4. The molecule has 1 aliphatic heterocycles. The van der Waals surface area contributed by atoms with Crippen molar-refractivity contribution >= 4 is 23.2 Å². The van der Waals surface area contributed by atoms with Gasteiger partial charge in [0.05, 0.1) is 17.5 Å². The highest BCUT2D eigenvalue weighted by atomic mass is 32.1. The van der Waals surface area contributed by atoms with Gasteiger partial charge in [-0.3, -0.25) is 4.79 Å². The molecule has 1 atom stereocenters. The van der Waals surface area contributed by atoms with Crippen molar-refractivity contribution in [3.05, 3.63) is 21.9 Å². The number of carboxylic acids is 1. The second-order valence-corrected chi connectivity index (χ2v) is 5.74. The predicted octanol–water partition coefficient (Wildman–Crippen LogP) is 1.82. The van der Waals surface area contributed by atoms with Crippen molar-refractivity contribution in [1.82, 2.24) is 4.90 Å². The van der Waals surface area contributed by atoms with Gasteiger partial charge in [-0.2, -0.15) is 0 Å². The van der Waals surface area contributed by atoms with Crippen LogP contribution in [0, 0.1) is 0 Å². The minimum absolute atomic E-state index is 0.0388. The van der Waals surface area contributed by atoms with Crippen LogP contribution in [0.1, 0.15) is 45.0 Å². The lowest BCUT2D eigenvalue weighted by Gasteiger charge is -2.28. The van der Waals surface area contributed by atoms with Crippen LogP contribution >= 0.6 is 11.3 Å². The van der Waals surface area contributed by atoms with Crippen LogP contribution in [0.4, 0.5) is 0 Å². The summed E-state index contributed by atoms with van der Waals surface area (Å²) in [5.74, 6) is -1.18. The van der Waals surface area contributed by atoms with Gasteiger partial charge in [-0.25, -0.2) is 4.79 Å². The highest BCUT2D eigenvalue weighted by Crippen LogP contribution is 2.23. The molecule has 0 radical (unpaired) electrons. The van der Waals surface area contributed by atoms with Crippen molar-refractivity contribution in [2.45, 2.75) is 31.7 Å². The van der Waals surface area contributed by atoms with Crippen molar-refractivity contribution < 1.29 is 19.8 Å². The summed E-state index contributed by atoms with van der Waals surface area (Å²) >= 11 is 0.990. The van der Waals surface area contributed by atoms with Gasteiger partial charge in [0, 0.05) is 6.54 Å². The van der Waals surface area contributed by atoms with Gasteiger partial charge >= 0.3 is 5.97 Å². The Labute approximate surface area is 115 Å². The highest BCUT2D eigenvalue weighted by molar-refractivity contribution is 7.15. The zero-order chi connectivity index (χ0) is 13.8. The van der Waals surface area contributed by atoms with Crippen LogP contribution in [-0.4, -0.2) is 46.2 Å². The first-order chi connectivity index (χ1) is 9.13. The Balaban J connectivity index is 2.17.